The van der Waals surface area contributed by atoms with Crippen LogP contribution < -0.4 is 4.90 Å². The molecule has 0 radical (unpaired) electrons. The van der Waals surface area contributed by atoms with Gasteiger partial charge in [-0.15, -0.1) is 0 Å². The van der Waals surface area contributed by atoms with Gasteiger partial charge in [0.25, 0.3) is 0 Å². The van der Waals surface area contributed by atoms with E-state index >= 15 is 0 Å². The number of hydrogen-bond acceptors (Lipinski definition) is 5. The highest BCUT2D eigenvalue weighted by molar-refractivity contribution is 5.41. The van der Waals surface area contributed by atoms with E-state index in [-0.39, 0.29) is 0 Å². The highest BCUT2D eigenvalue weighted by Crippen LogP contribution is 2.29. The van der Waals surface area contributed by atoms with Crippen LogP contribution in [0.4, 0.5) is 5.82 Å². The van der Waals surface area contributed by atoms with Crippen LogP contribution in [-0.2, 0) is 22.5 Å². The van der Waals surface area contributed by atoms with Crippen molar-refractivity contribution in [3.63, 3.8) is 0 Å². The average Bonchev–Trinajstić information content (AvgIpc) is 3.24. The highest BCUT2D eigenvalue weighted by Gasteiger charge is 2.24. The Morgan fingerprint density at radius 2 is 1.93 bits per heavy atom. The van der Waals surface area contributed by atoms with Crippen LogP contribution >= 0.6 is 0 Å². The number of methoxy groups -OCH3 is 1. The second-order valence-electron chi connectivity index (χ2n) is 7.68. The summed E-state index contributed by atoms with van der Waals surface area (Å²) in [6.45, 7) is 4.17. The molecule has 1 unspecified atom stereocenters. The van der Waals surface area contributed by atoms with Crippen LogP contribution in [0.5, 0.6) is 0 Å². The summed E-state index contributed by atoms with van der Waals surface area (Å²) in [7, 11) is 1.70. The molecular weight excluding hydrogens is 338 g/mol. The Bertz CT molecular complexity index is 724. The molecule has 1 atom stereocenters. The van der Waals surface area contributed by atoms with Gasteiger partial charge in [-0.1, -0.05) is 30.3 Å². The molecule has 2 aliphatic heterocycles. The Morgan fingerprint density at radius 1 is 1.11 bits per heavy atom. The molecule has 5 nitrogen and oxygen atoms in total. The van der Waals surface area contributed by atoms with Crippen LogP contribution in [0, 0.1) is 5.92 Å². The summed E-state index contributed by atoms with van der Waals surface area (Å²) in [6, 6.07) is 13.0. The molecule has 0 saturated carbocycles. The van der Waals surface area contributed by atoms with Crippen LogP contribution in [-0.4, -0.2) is 43.4 Å². The Labute approximate surface area is 161 Å². The largest absolute Gasteiger partial charge is 0.381 e. The third-order valence-corrected chi connectivity index (χ3v) is 5.71. The number of nitrogens with zero attached hydrogens (tertiary/aromatic N) is 3. The second kappa shape index (κ2) is 8.81. The molecule has 2 aliphatic rings. The molecule has 2 fully saturated rings. The van der Waals surface area contributed by atoms with Gasteiger partial charge in [-0.2, -0.15) is 0 Å². The second-order valence-corrected chi connectivity index (χ2v) is 7.68. The summed E-state index contributed by atoms with van der Waals surface area (Å²) < 4.78 is 10.9. The van der Waals surface area contributed by atoms with E-state index in [4.69, 9.17) is 19.4 Å². The summed E-state index contributed by atoms with van der Waals surface area (Å²) in [5, 5.41) is 0. The lowest BCUT2D eigenvalue weighted by atomic mass is 9.90. The molecule has 0 bridgehead atoms. The SMILES string of the molecule is COCc1nc(C2CCOC2)cc(N2CCC(Cc3ccccc3)CC2)n1. The van der Waals surface area contributed by atoms with Gasteiger partial charge in [0.1, 0.15) is 12.4 Å². The van der Waals surface area contributed by atoms with Crippen LogP contribution in [0.15, 0.2) is 36.4 Å². The third kappa shape index (κ3) is 4.66. The topological polar surface area (TPSA) is 47.5 Å². The summed E-state index contributed by atoms with van der Waals surface area (Å²) in [5.41, 5.74) is 2.56. The molecule has 144 valence electrons. The first-order valence-electron chi connectivity index (χ1n) is 10.0. The molecule has 0 amide bonds. The standard InChI is InChI=1S/C22H29N3O2/c1-26-16-21-23-20(19-9-12-27-15-19)14-22(24-21)25-10-7-18(8-11-25)13-17-5-3-2-4-6-17/h2-6,14,18-19H,7-13,15-16H2,1H3. The Balaban J connectivity index is 1.43. The molecule has 0 spiro atoms. The smallest absolute Gasteiger partial charge is 0.156 e. The minimum atomic E-state index is 0.387. The van der Waals surface area contributed by atoms with Crippen LogP contribution in [0.25, 0.3) is 0 Å². The maximum absolute atomic E-state index is 5.56. The minimum absolute atomic E-state index is 0.387. The molecule has 1 aromatic carbocycles. The van der Waals surface area contributed by atoms with Crippen LogP contribution in [0.3, 0.4) is 0 Å². The summed E-state index contributed by atoms with van der Waals surface area (Å²) in [5.74, 6) is 2.98. The molecule has 2 aromatic rings. The van der Waals surface area contributed by atoms with Crippen molar-refractivity contribution in [1.82, 2.24) is 9.97 Å². The Kier molecular flexibility index (Phi) is 6.00. The van der Waals surface area contributed by atoms with Crippen molar-refractivity contribution in [2.45, 2.75) is 38.2 Å². The Morgan fingerprint density at radius 3 is 2.63 bits per heavy atom. The van der Waals surface area contributed by atoms with Gasteiger partial charge in [0.05, 0.1) is 12.3 Å². The number of anilines is 1. The molecule has 0 aliphatic carbocycles. The molecule has 4 rings (SSSR count). The van der Waals surface area contributed by atoms with Crippen molar-refractivity contribution in [2.75, 3.05) is 38.3 Å². The third-order valence-electron chi connectivity index (χ3n) is 5.71. The minimum Gasteiger partial charge on any atom is -0.381 e. The zero-order chi connectivity index (χ0) is 18.5. The monoisotopic (exact) mass is 367 g/mol. The van der Waals surface area contributed by atoms with Crippen LogP contribution in [0.2, 0.25) is 0 Å². The molecule has 3 heterocycles. The van der Waals surface area contributed by atoms with E-state index in [1.54, 1.807) is 7.11 Å². The lowest BCUT2D eigenvalue weighted by Crippen LogP contribution is -2.35. The zero-order valence-electron chi connectivity index (χ0n) is 16.1. The van der Waals surface area contributed by atoms with Crippen molar-refractivity contribution in [3.05, 3.63) is 53.5 Å². The highest BCUT2D eigenvalue weighted by atomic mass is 16.5. The number of hydrogen-bond donors (Lipinski definition) is 0. The molecule has 2 saturated heterocycles. The van der Waals surface area contributed by atoms with Crippen molar-refractivity contribution in [1.29, 1.82) is 0 Å². The normalized spacial score (nSPS) is 20.9. The lowest BCUT2D eigenvalue weighted by Gasteiger charge is -2.33. The first kappa shape index (κ1) is 18.4. The van der Waals surface area contributed by atoms with Gasteiger partial charge in [-0.3, -0.25) is 0 Å². The molecule has 0 N–H and O–H groups in total. The van der Waals surface area contributed by atoms with E-state index in [2.05, 4.69) is 41.3 Å². The predicted molar refractivity (Wildman–Crippen MR) is 106 cm³/mol. The number of rotatable bonds is 6. The van der Waals surface area contributed by atoms with E-state index in [1.165, 1.54) is 24.8 Å². The first-order chi connectivity index (χ1) is 13.3. The zero-order valence-corrected chi connectivity index (χ0v) is 16.1. The quantitative estimate of drug-likeness (QED) is 0.781. The maximum Gasteiger partial charge on any atom is 0.156 e. The first-order valence-corrected chi connectivity index (χ1v) is 10.0. The van der Waals surface area contributed by atoms with Gasteiger partial charge in [-0.25, -0.2) is 9.97 Å². The number of aromatic nitrogens is 2. The molecule has 1 aromatic heterocycles. The fourth-order valence-corrected chi connectivity index (χ4v) is 4.15. The van der Waals surface area contributed by atoms with Gasteiger partial charge < -0.3 is 14.4 Å². The maximum atomic E-state index is 5.56. The van der Waals surface area contributed by atoms with E-state index in [9.17, 15) is 0 Å². The molecular formula is C22H29N3O2. The van der Waals surface area contributed by atoms with Gasteiger partial charge >= 0.3 is 0 Å². The molecule has 27 heavy (non-hydrogen) atoms. The number of piperidine rings is 1. The Hall–Kier alpha value is -1.98. The van der Waals surface area contributed by atoms with Crippen molar-refractivity contribution >= 4 is 5.82 Å². The number of benzene rings is 1. The fourth-order valence-electron chi connectivity index (χ4n) is 4.15. The molecule has 5 heteroatoms. The lowest BCUT2D eigenvalue weighted by molar-refractivity contribution is 0.177. The number of ether oxygens (including phenoxy) is 2. The van der Waals surface area contributed by atoms with Crippen molar-refractivity contribution in [2.24, 2.45) is 5.92 Å². The van der Waals surface area contributed by atoms with Gasteiger partial charge in [0.2, 0.25) is 0 Å². The van der Waals surface area contributed by atoms with Crippen molar-refractivity contribution in [3.8, 4) is 0 Å². The van der Waals surface area contributed by atoms with E-state index in [0.717, 1.165) is 56.0 Å². The van der Waals surface area contributed by atoms with Gasteiger partial charge in [0, 0.05) is 38.8 Å². The average molecular weight is 367 g/mol. The van der Waals surface area contributed by atoms with E-state index in [0.29, 0.717) is 12.5 Å². The van der Waals surface area contributed by atoms with E-state index in [1.807, 2.05) is 0 Å². The predicted octanol–water partition coefficient (Wildman–Crippen LogP) is 3.59. The van der Waals surface area contributed by atoms with Gasteiger partial charge in [-0.05, 0) is 37.2 Å². The van der Waals surface area contributed by atoms with Crippen molar-refractivity contribution < 1.29 is 9.47 Å². The summed E-state index contributed by atoms with van der Waals surface area (Å²) in [4.78, 5) is 11.9. The van der Waals surface area contributed by atoms with Crippen LogP contribution in [0.1, 0.15) is 42.3 Å². The summed E-state index contributed by atoms with van der Waals surface area (Å²) >= 11 is 0. The van der Waals surface area contributed by atoms with Gasteiger partial charge in [0.15, 0.2) is 5.82 Å². The fraction of sp³-hybridized carbons (Fsp3) is 0.545. The van der Waals surface area contributed by atoms with E-state index < -0.39 is 0 Å². The summed E-state index contributed by atoms with van der Waals surface area (Å²) in [6.07, 6.45) is 4.64.